The largest absolute Gasteiger partial charge is 0.471 e. The molecule has 3 fully saturated rings. The van der Waals surface area contributed by atoms with E-state index < -0.39 is 12.1 Å². The molecule has 3 rings (SSSR count). The molecule has 0 spiro atoms. The van der Waals surface area contributed by atoms with Gasteiger partial charge < -0.3 is 10.2 Å². The third-order valence-corrected chi connectivity index (χ3v) is 2.85. The van der Waals surface area contributed by atoms with Crippen molar-refractivity contribution in [2.24, 2.45) is 0 Å². The monoisotopic (exact) mass is 208 g/mol. The van der Waals surface area contributed by atoms with Crippen molar-refractivity contribution in [1.29, 1.82) is 0 Å². The van der Waals surface area contributed by atoms with E-state index in [2.05, 4.69) is 5.32 Å². The number of rotatable bonds is 0. The molecule has 0 aromatic heterocycles. The van der Waals surface area contributed by atoms with Gasteiger partial charge in [0.25, 0.3) is 0 Å². The molecule has 0 radical (unpaired) electrons. The second-order valence-electron chi connectivity index (χ2n) is 3.79. The van der Waals surface area contributed by atoms with Gasteiger partial charge in [0.2, 0.25) is 0 Å². The maximum absolute atomic E-state index is 12.1. The van der Waals surface area contributed by atoms with Gasteiger partial charge in [0, 0.05) is 25.2 Å². The number of hydrogen-bond donors (Lipinski definition) is 1. The Bertz CT molecular complexity index is 245. The van der Waals surface area contributed by atoms with Gasteiger partial charge in [-0.3, -0.25) is 4.79 Å². The van der Waals surface area contributed by atoms with E-state index in [1.807, 2.05) is 0 Å². The molecule has 0 unspecified atom stereocenters. The molecular weight excluding hydrogens is 197 g/mol. The van der Waals surface area contributed by atoms with Crippen molar-refractivity contribution in [2.75, 3.05) is 13.1 Å². The Kier molecular flexibility index (Phi) is 2.17. The summed E-state index contributed by atoms with van der Waals surface area (Å²) < 4.78 is 36.4. The highest BCUT2D eigenvalue weighted by Gasteiger charge is 2.47. The number of nitrogens with one attached hydrogen (secondary N) is 1. The van der Waals surface area contributed by atoms with Crippen LogP contribution in [0.25, 0.3) is 0 Å². The minimum atomic E-state index is -4.72. The first-order chi connectivity index (χ1) is 6.48. The normalized spacial score (nSPS) is 32.1. The van der Waals surface area contributed by atoms with E-state index in [1.54, 1.807) is 0 Å². The van der Waals surface area contributed by atoms with Crippen LogP contribution < -0.4 is 5.32 Å². The van der Waals surface area contributed by atoms with Crippen molar-refractivity contribution >= 4 is 5.91 Å². The van der Waals surface area contributed by atoms with E-state index in [9.17, 15) is 18.0 Å². The van der Waals surface area contributed by atoms with Crippen LogP contribution in [-0.2, 0) is 4.79 Å². The Labute approximate surface area is 79.3 Å². The van der Waals surface area contributed by atoms with Gasteiger partial charge in [0.15, 0.2) is 0 Å². The summed E-state index contributed by atoms with van der Waals surface area (Å²) in [7, 11) is 0. The first-order valence-corrected chi connectivity index (χ1v) is 4.59. The molecule has 3 saturated heterocycles. The van der Waals surface area contributed by atoms with Crippen LogP contribution in [0.5, 0.6) is 0 Å². The van der Waals surface area contributed by atoms with Crippen molar-refractivity contribution in [3.05, 3.63) is 0 Å². The molecule has 0 aliphatic carbocycles. The van der Waals surface area contributed by atoms with Crippen LogP contribution in [-0.4, -0.2) is 42.2 Å². The Balaban J connectivity index is 2.09. The molecule has 14 heavy (non-hydrogen) atoms. The summed E-state index contributed by atoms with van der Waals surface area (Å²) in [5, 5.41) is 3.09. The molecule has 3 aliphatic heterocycles. The number of halogens is 3. The quantitative estimate of drug-likeness (QED) is 0.629. The van der Waals surface area contributed by atoms with Crippen molar-refractivity contribution in [2.45, 2.75) is 31.1 Å². The first-order valence-electron chi connectivity index (χ1n) is 4.59. The van der Waals surface area contributed by atoms with E-state index in [4.69, 9.17) is 0 Å². The number of carbonyl (C=O) groups is 1. The number of alkyl halides is 3. The summed E-state index contributed by atoms with van der Waals surface area (Å²) >= 11 is 0. The predicted octanol–water partition coefficient (Wildman–Crippen LogP) is 0.512. The number of carbonyl (C=O) groups excluding carboxylic acids is 1. The number of amides is 1. The number of fused-ring (bicyclic) bond motifs is 3. The van der Waals surface area contributed by atoms with E-state index in [0.29, 0.717) is 13.0 Å². The third-order valence-electron chi connectivity index (χ3n) is 2.85. The molecule has 1 N–H and O–H groups in total. The molecule has 2 atom stereocenters. The molecule has 3 aliphatic rings. The van der Waals surface area contributed by atoms with Crippen LogP contribution in [0.2, 0.25) is 0 Å². The molecular formula is C8H11F3N2O. The van der Waals surface area contributed by atoms with Gasteiger partial charge in [-0.1, -0.05) is 0 Å². The highest BCUT2D eigenvalue weighted by molar-refractivity contribution is 5.82. The minimum absolute atomic E-state index is 0.0475. The van der Waals surface area contributed by atoms with Crippen LogP contribution in [0.4, 0.5) is 13.2 Å². The van der Waals surface area contributed by atoms with Gasteiger partial charge >= 0.3 is 12.1 Å². The molecule has 3 heterocycles. The zero-order valence-corrected chi connectivity index (χ0v) is 7.47. The fourth-order valence-corrected chi connectivity index (χ4v) is 2.12. The summed E-state index contributed by atoms with van der Waals surface area (Å²) in [5.74, 6) is -1.69. The number of piperazine rings is 1. The van der Waals surface area contributed by atoms with Gasteiger partial charge in [-0.15, -0.1) is 0 Å². The maximum atomic E-state index is 12.1. The van der Waals surface area contributed by atoms with Crippen molar-refractivity contribution in [3.63, 3.8) is 0 Å². The van der Waals surface area contributed by atoms with Crippen molar-refractivity contribution in [3.8, 4) is 0 Å². The second kappa shape index (κ2) is 3.12. The lowest BCUT2D eigenvalue weighted by Crippen LogP contribution is -2.64. The first kappa shape index (κ1) is 9.76. The minimum Gasteiger partial charge on any atom is -0.329 e. The molecule has 1 amide bonds. The molecule has 0 aromatic carbocycles. The highest BCUT2D eigenvalue weighted by atomic mass is 19.4. The van der Waals surface area contributed by atoms with Gasteiger partial charge in [0.1, 0.15) is 0 Å². The van der Waals surface area contributed by atoms with Crippen LogP contribution in [0.1, 0.15) is 12.8 Å². The van der Waals surface area contributed by atoms with Gasteiger partial charge in [-0.2, -0.15) is 13.2 Å². The topological polar surface area (TPSA) is 32.3 Å². The third kappa shape index (κ3) is 1.58. The van der Waals surface area contributed by atoms with Crippen LogP contribution in [0.3, 0.4) is 0 Å². The second-order valence-corrected chi connectivity index (χ2v) is 3.79. The van der Waals surface area contributed by atoms with Crippen LogP contribution in [0, 0.1) is 0 Å². The molecule has 0 saturated carbocycles. The molecule has 3 nitrogen and oxygen atoms in total. The molecule has 2 bridgehead atoms. The summed E-state index contributed by atoms with van der Waals surface area (Å²) in [5.41, 5.74) is 0. The fraction of sp³-hybridized carbons (Fsp3) is 0.875. The summed E-state index contributed by atoms with van der Waals surface area (Å²) in [6, 6.07) is -0.222. The van der Waals surface area contributed by atoms with E-state index in [0.717, 1.165) is 11.3 Å². The molecule has 6 heteroatoms. The highest BCUT2D eigenvalue weighted by Crippen LogP contribution is 2.27. The molecule has 80 valence electrons. The molecule has 0 aromatic rings. The summed E-state index contributed by atoms with van der Waals surface area (Å²) in [6.07, 6.45) is -3.18. The lowest BCUT2D eigenvalue weighted by atomic mass is 9.93. The van der Waals surface area contributed by atoms with Crippen molar-refractivity contribution < 1.29 is 18.0 Å². The van der Waals surface area contributed by atoms with Crippen LogP contribution in [0.15, 0.2) is 0 Å². The Morgan fingerprint density at radius 2 is 2.07 bits per heavy atom. The smallest absolute Gasteiger partial charge is 0.329 e. The summed E-state index contributed by atoms with van der Waals surface area (Å²) in [6.45, 7) is 0.690. The lowest BCUT2D eigenvalue weighted by molar-refractivity contribution is -0.191. The summed E-state index contributed by atoms with van der Waals surface area (Å²) in [4.78, 5) is 11.9. The van der Waals surface area contributed by atoms with E-state index in [1.165, 1.54) is 0 Å². The van der Waals surface area contributed by atoms with Crippen molar-refractivity contribution in [1.82, 2.24) is 10.2 Å². The predicted molar refractivity (Wildman–Crippen MR) is 42.6 cm³/mol. The van der Waals surface area contributed by atoms with Gasteiger partial charge in [0.05, 0.1) is 0 Å². The maximum Gasteiger partial charge on any atom is 0.471 e. The zero-order chi connectivity index (χ0) is 10.3. The average molecular weight is 208 g/mol. The average Bonchev–Trinajstić information content (AvgIpc) is 2.17. The van der Waals surface area contributed by atoms with Crippen LogP contribution >= 0.6 is 0 Å². The van der Waals surface area contributed by atoms with E-state index >= 15 is 0 Å². The fourth-order valence-electron chi connectivity index (χ4n) is 2.12. The van der Waals surface area contributed by atoms with E-state index in [-0.39, 0.29) is 18.6 Å². The Hall–Kier alpha value is -0.780. The SMILES string of the molecule is O=C(N1C[C@@H]2CC[C@H]1CN2)C(F)(F)F. The van der Waals surface area contributed by atoms with Gasteiger partial charge in [-0.05, 0) is 12.8 Å². The number of hydrogen-bond acceptors (Lipinski definition) is 2. The standard InChI is InChI=1S/C8H11F3N2O/c9-8(10,11)7(14)13-4-5-1-2-6(13)3-12-5/h5-6,12H,1-4H2/t5-,6-/m0/s1. The van der Waals surface area contributed by atoms with Gasteiger partial charge in [-0.25, -0.2) is 0 Å². The Morgan fingerprint density at radius 1 is 1.36 bits per heavy atom. The Morgan fingerprint density at radius 3 is 2.43 bits per heavy atom. The number of piperidine rings is 2. The zero-order valence-electron chi connectivity index (χ0n) is 7.47. The number of nitrogens with zero attached hydrogens (tertiary/aromatic N) is 1. The lowest BCUT2D eigenvalue weighted by Gasteiger charge is -2.45.